The van der Waals surface area contributed by atoms with Crippen molar-refractivity contribution in [2.75, 3.05) is 6.54 Å². The van der Waals surface area contributed by atoms with Crippen LogP contribution in [0.2, 0.25) is 0 Å². The van der Waals surface area contributed by atoms with E-state index in [1.807, 2.05) is 19.3 Å². The average molecular weight is 221 g/mol. The van der Waals surface area contributed by atoms with Gasteiger partial charge < -0.3 is 11.1 Å². The predicted molar refractivity (Wildman–Crippen MR) is 72.2 cm³/mol. The summed E-state index contributed by atoms with van der Waals surface area (Å²) in [5, 5.41) is 3.01. The van der Waals surface area contributed by atoms with Crippen LogP contribution in [-0.2, 0) is 0 Å². The van der Waals surface area contributed by atoms with Crippen molar-refractivity contribution < 1.29 is 0 Å². The van der Waals surface area contributed by atoms with E-state index in [0.29, 0.717) is 6.54 Å². The number of unbranched alkanes of at least 4 members (excludes halogenated alkanes) is 2. The van der Waals surface area contributed by atoms with Crippen LogP contribution in [0.1, 0.15) is 33.1 Å². The van der Waals surface area contributed by atoms with Gasteiger partial charge in [0.15, 0.2) is 0 Å². The van der Waals surface area contributed by atoms with Crippen molar-refractivity contribution in [2.45, 2.75) is 33.1 Å². The zero-order valence-corrected chi connectivity index (χ0v) is 10.4. The van der Waals surface area contributed by atoms with Crippen molar-refractivity contribution >= 4 is 6.21 Å². The molecule has 0 spiro atoms. The summed E-state index contributed by atoms with van der Waals surface area (Å²) in [5.41, 5.74) is 7.40. The molecule has 3 nitrogen and oxygen atoms in total. The third kappa shape index (κ3) is 9.21. The third-order valence-corrected chi connectivity index (χ3v) is 1.90. The van der Waals surface area contributed by atoms with Crippen LogP contribution in [0.25, 0.3) is 0 Å². The summed E-state index contributed by atoms with van der Waals surface area (Å²) in [6.45, 7) is 8.27. The molecule has 3 heteroatoms. The lowest BCUT2D eigenvalue weighted by Gasteiger charge is -1.99. The summed E-state index contributed by atoms with van der Waals surface area (Å²) < 4.78 is 0. The molecule has 0 aliphatic rings. The molecule has 0 aliphatic carbocycles. The summed E-state index contributed by atoms with van der Waals surface area (Å²) in [6.07, 6.45) is 11.0. The molecule has 0 radical (unpaired) electrons. The van der Waals surface area contributed by atoms with E-state index in [1.165, 1.54) is 12.8 Å². The number of aliphatic imine (C=N–C) groups is 1. The Morgan fingerprint density at radius 3 is 2.81 bits per heavy atom. The fraction of sp³-hybridized carbons (Fsp3) is 0.462. The number of nitrogens with zero attached hydrogens (tertiary/aromatic N) is 1. The van der Waals surface area contributed by atoms with Crippen LogP contribution < -0.4 is 11.1 Å². The van der Waals surface area contributed by atoms with E-state index in [9.17, 15) is 0 Å². The highest BCUT2D eigenvalue weighted by Gasteiger charge is 1.87. The predicted octanol–water partition coefficient (Wildman–Crippen LogP) is 2.73. The van der Waals surface area contributed by atoms with E-state index in [2.05, 4.69) is 29.9 Å². The highest BCUT2D eigenvalue weighted by molar-refractivity contribution is 5.79. The Labute approximate surface area is 98.8 Å². The second kappa shape index (κ2) is 10.2. The Hall–Kier alpha value is -1.35. The first-order valence-electron chi connectivity index (χ1n) is 5.70. The SMILES string of the molecule is C=C(C)NC=C(C=N/C=C\CCCC)CN. The van der Waals surface area contributed by atoms with Crippen molar-refractivity contribution in [3.8, 4) is 0 Å². The lowest BCUT2D eigenvalue weighted by Crippen LogP contribution is -2.09. The maximum Gasteiger partial charge on any atom is 0.0327 e. The molecular formula is C13H23N3. The molecular weight excluding hydrogens is 198 g/mol. The van der Waals surface area contributed by atoms with Gasteiger partial charge in [-0.3, -0.25) is 4.99 Å². The van der Waals surface area contributed by atoms with Gasteiger partial charge in [0.25, 0.3) is 0 Å². The Morgan fingerprint density at radius 2 is 2.25 bits per heavy atom. The van der Waals surface area contributed by atoms with E-state index in [1.54, 1.807) is 6.21 Å². The van der Waals surface area contributed by atoms with E-state index in [4.69, 9.17) is 5.73 Å². The van der Waals surface area contributed by atoms with Gasteiger partial charge in [-0.25, -0.2) is 0 Å². The number of hydrogen-bond acceptors (Lipinski definition) is 3. The third-order valence-electron chi connectivity index (χ3n) is 1.90. The van der Waals surface area contributed by atoms with Gasteiger partial charge in [-0.1, -0.05) is 32.4 Å². The fourth-order valence-electron chi connectivity index (χ4n) is 0.961. The first-order valence-corrected chi connectivity index (χ1v) is 5.70. The van der Waals surface area contributed by atoms with E-state index in [-0.39, 0.29) is 0 Å². The molecule has 0 fully saturated rings. The molecule has 0 aromatic heterocycles. The molecule has 0 aromatic rings. The van der Waals surface area contributed by atoms with Gasteiger partial charge in [-0.05, 0) is 18.9 Å². The van der Waals surface area contributed by atoms with Crippen molar-refractivity contribution in [1.29, 1.82) is 0 Å². The largest absolute Gasteiger partial charge is 0.365 e. The smallest absolute Gasteiger partial charge is 0.0327 e. The molecule has 0 heterocycles. The molecule has 90 valence electrons. The van der Waals surface area contributed by atoms with Crippen LogP contribution in [0.5, 0.6) is 0 Å². The zero-order chi connectivity index (χ0) is 12.2. The van der Waals surface area contributed by atoms with Crippen LogP contribution in [-0.4, -0.2) is 12.8 Å². The lowest BCUT2D eigenvalue weighted by atomic mass is 10.2. The lowest BCUT2D eigenvalue weighted by molar-refractivity contribution is 0.814. The number of hydrogen-bond donors (Lipinski definition) is 2. The zero-order valence-electron chi connectivity index (χ0n) is 10.4. The summed E-state index contributed by atoms with van der Waals surface area (Å²) in [5.74, 6) is 0. The molecule has 0 saturated carbocycles. The van der Waals surface area contributed by atoms with Crippen LogP contribution in [0.15, 0.2) is 41.3 Å². The average Bonchev–Trinajstić information content (AvgIpc) is 2.27. The second-order valence-electron chi connectivity index (χ2n) is 3.65. The maximum absolute atomic E-state index is 5.57. The molecule has 0 amide bonds. The quantitative estimate of drug-likeness (QED) is 0.489. The summed E-state index contributed by atoms with van der Waals surface area (Å²) in [7, 11) is 0. The molecule has 0 unspecified atom stereocenters. The molecule has 0 saturated heterocycles. The summed E-state index contributed by atoms with van der Waals surface area (Å²) >= 11 is 0. The Bertz CT molecular complexity index is 275. The summed E-state index contributed by atoms with van der Waals surface area (Å²) in [6, 6.07) is 0. The van der Waals surface area contributed by atoms with Crippen molar-refractivity contribution in [1.82, 2.24) is 5.32 Å². The minimum atomic E-state index is 0.465. The Balaban J connectivity index is 4.01. The van der Waals surface area contributed by atoms with Crippen LogP contribution in [0.3, 0.4) is 0 Å². The van der Waals surface area contributed by atoms with Crippen LogP contribution >= 0.6 is 0 Å². The molecule has 0 rings (SSSR count). The molecule has 0 aromatic carbocycles. The van der Waals surface area contributed by atoms with E-state index in [0.717, 1.165) is 17.7 Å². The minimum Gasteiger partial charge on any atom is -0.365 e. The van der Waals surface area contributed by atoms with E-state index >= 15 is 0 Å². The van der Waals surface area contributed by atoms with Gasteiger partial charge >= 0.3 is 0 Å². The van der Waals surface area contributed by atoms with Crippen LogP contribution in [0.4, 0.5) is 0 Å². The van der Waals surface area contributed by atoms with Gasteiger partial charge in [-0.2, -0.15) is 0 Å². The number of rotatable bonds is 8. The van der Waals surface area contributed by atoms with Gasteiger partial charge in [0.05, 0.1) is 0 Å². The standard InChI is InChI=1S/C13H23N3/c1-4-5-6-7-8-15-10-13(9-14)11-16-12(2)3/h7-8,10-11,16H,2,4-6,9,14H2,1,3H3/b8-7-,13-11?,15-10?. The minimum absolute atomic E-state index is 0.465. The molecule has 0 bridgehead atoms. The summed E-state index contributed by atoms with van der Waals surface area (Å²) in [4.78, 5) is 4.17. The first-order chi connectivity index (χ1) is 7.70. The first kappa shape index (κ1) is 14.6. The van der Waals surface area contributed by atoms with Crippen LogP contribution in [0, 0.1) is 0 Å². The molecule has 0 atom stereocenters. The van der Waals surface area contributed by atoms with Gasteiger partial charge in [0, 0.05) is 30.9 Å². The molecule has 16 heavy (non-hydrogen) atoms. The molecule has 3 N–H and O–H groups in total. The number of allylic oxidation sites excluding steroid dienone is 2. The highest BCUT2D eigenvalue weighted by atomic mass is 14.8. The fourth-order valence-corrected chi connectivity index (χ4v) is 0.961. The van der Waals surface area contributed by atoms with Crippen molar-refractivity contribution in [2.24, 2.45) is 10.7 Å². The van der Waals surface area contributed by atoms with Gasteiger partial charge in [0.1, 0.15) is 0 Å². The maximum atomic E-state index is 5.57. The monoisotopic (exact) mass is 221 g/mol. The Kier molecular flexibility index (Phi) is 9.32. The Morgan fingerprint density at radius 1 is 1.50 bits per heavy atom. The highest BCUT2D eigenvalue weighted by Crippen LogP contribution is 1.95. The van der Waals surface area contributed by atoms with Crippen molar-refractivity contribution in [3.63, 3.8) is 0 Å². The topological polar surface area (TPSA) is 50.4 Å². The number of nitrogens with two attached hydrogens (primary N) is 1. The van der Waals surface area contributed by atoms with Gasteiger partial charge in [-0.15, -0.1) is 0 Å². The van der Waals surface area contributed by atoms with E-state index < -0.39 is 0 Å². The van der Waals surface area contributed by atoms with Crippen molar-refractivity contribution in [3.05, 3.63) is 36.3 Å². The normalized spacial score (nSPS) is 12.6. The second-order valence-corrected chi connectivity index (χ2v) is 3.65. The van der Waals surface area contributed by atoms with Gasteiger partial charge in [0.2, 0.25) is 0 Å². The number of nitrogens with one attached hydrogen (secondary N) is 1. The molecule has 0 aliphatic heterocycles.